The number of ketones is 2. The zero-order chi connectivity index (χ0) is 25.0. The maximum absolute atomic E-state index is 13.1. The first-order valence-corrected chi connectivity index (χ1v) is 11.5. The van der Waals surface area contributed by atoms with Gasteiger partial charge in [0.15, 0.2) is 11.6 Å². The number of thiazole rings is 1. The lowest BCUT2D eigenvalue weighted by Gasteiger charge is -2.11. The van der Waals surface area contributed by atoms with Crippen LogP contribution in [0.25, 0.3) is 0 Å². The number of carbonyl (C=O) groups is 2. The number of Topliss-reactive ketones (excluding diaryl/α,β-unsaturated/α-hetero) is 2. The Morgan fingerprint density at radius 2 is 1.91 bits per heavy atom. The quantitative estimate of drug-likeness (QED) is 0.347. The summed E-state index contributed by atoms with van der Waals surface area (Å²) in [6.45, 7) is 4.58. The van der Waals surface area contributed by atoms with E-state index in [4.69, 9.17) is 16.3 Å². The SMILES string of the molecule is COCCn1c(C(=O)C[C@H](C)c2ncc(C(=O)Cc3cc(C(F)(F)F)c(Cl)cn3)s2)cnc1C. The van der Waals surface area contributed by atoms with E-state index in [9.17, 15) is 22.8 Å². The number of alkyl halides is 3. The number of halogens is 4. The zero-order valence-corrected chi connectivity index (χ0v) is 20.2. The van der Waals surface area contributed by atoms with E-state index >= 15 is 0 Å². The number of hydrogen-bond donors (Lipinski definition) is 0. The number of imidazole rings is 1. The molecule has 3 aromatic rings. The third-order valence-electron chi connectivity index (χ3n) is 5.13. The van der Waals surface area contributed by atoms with Gasteiger partial charge in [-0.2, -0.15) is 13.2 Å². The van der Waals surface area contributed by atoms with Crippen LogP contribution in [0.1, 0.15) is 61.5 Å². The molecule has 0 N–H and O–H groups in total. The molecule has 7 nitrogen and oxygen atoms in total. The molecule has 0 aromatic carbocycles. The lowest BCUT2D eigenvalue weighted by molar-refractivity contribution is -0.137. The lowest BCUT2D eigenvalue weighted by Crippen LogP contribution is -2.15. The highest BCUT2D eigenvalue weighted by atomic mass is 35.5. The number of methoxy groups -OCH3 is 1. The molecule has 0 bridgehead atoms. The number of rotatable bonds is 10. The van der Waals surface area contributed by atoms with Crippen LogP contribution in [-0.4, -0.2) is 44.8 Å². The van der Waals surface area contributed by atoms with Gasteiger partial charge in [-0.3, -0.25) is 14.6 Å². The topological polar surface area (TPSA) is 87.0 Å². The fourth-order valence-electron chi connectivity index (χ4n) is 3.32. The largest absolute Gasteiger partial charge is 0.417 e. The maximum atomic E-state index is 13.1. The van der Waals surface area contributed by atoms with Gasteiger partial charge in [-0.25, -0.2) is 9.97 Å². The van der Waals surface area contributed by atoms with Gasteiger partial charge < -0.3 is 9.30 Å². The van der Waals surface area contributed by atoms with E-state index in [0.717, 1.165) is 23.6 Å². The van der Waals surface area contributed by atoms with E-state index in [2.05, 4.69) is 15.0 Å². The van der Waals surface area contributed by atoms with Crippen LogP contribution < -0.4 is 0 Å². The highest BCUT2D eigenvalue weighted by Crippen LogP contribution is 2.35. The average Bonchev–Trinajstić information content (AvgIpc) is 3.40. The Bertz CT molecular complexity index is 1190. The predicted molar refractivity (Wildman–Crippen MR) is 121 cm³/mol. The smallest absolute Gasteiger partial charge is 0.383 e. The van der Waals surface area contributed by atoms with Gasteiger partial charge in [0, 0.05) is 44.1 Å². The Morgan fingerprint density at radius 1 is 1.18 bits per heavy atom. The van der Waals surface area contributed by atoms with Crippen molar-refractivity contribution in [2.45, 2.75) is 45.3 Å². The van der Waals surface area contributed by atoms with Crippen molar-refractivity contribution in [3.05, 3.63) is 62.3 Å². The summed E-state index contributed by atoms with van der Waals surface area (Å²) in [5, 5.41) is 0.0532. The fourth-order valence-corrected chi connectivity index (χ4v) is 4.43. The molecule has 0 unspecified atom stereocenters. The van der Waals surface area contributed by atoms with Gasteiger partial charge >= 0.3 is 6.18 Å². The molecule has 0 aliphatic heterocycles. The van der Waals surface area contributed by atoms with Crippen molar-refractivity contribution in [1.82, 2.24) is 19.5 Å². The minimum absolute atomic E-state index is 0.0420. The second kappa shape index (κ2) is 10.7. The van der Waals surface area contributed by atoms with E-state index in [0.29, 0.717) is 29.7 Å². The number of hydrogen-bond acceptors (Lipinski definition) is 7. The monoisotopic (exact) mass is 514 g/mol. The summed E-state index contributed by atoms with van der Waals surface area (Å²) in [4.78, 5) is 38.0. The summed E-state index contributed by atoms with van der Waals surface area (Å²) < 4.78 is 46.0. The highest BCUT2D eigenvalue weighted by Gasteiger charge is 2.34. The van der Waals surface area contributed by atoms with Crippen LogP contribution in [0.3, 0.4) is 0 Å². The van der Waals surface area contributed by atoms with Gasteiger partial charge in [-0.1, -0.05) is 18.5 Å². The van der Waals surface area contributed by atoms with E-state index in [1.807, 2.05) is 13.8 Å². The first-order valence-electron chi connectivity index (χ1n) is 10.3. The minimum Gasteiger partial charge on any atom is -0.383 e. The lowest BCUT2D eigenvalue weighted by atomic mass is 10.0. The van der Waals surface area contributed by atoms with E-state index in [-0.39, 0.29) is 35.1 Å². The van der Waals surface area contributed by atoms with Gasteiger partial charge in [0.2, 0.25) is 0 Å². The van der Waals surface area contributed by atoms with Crippen LogP contribution in [0.4, 0.5) is 13.2 Å². The summed E-state index contributed by atoms with van der Waals surface area (Å²) in [6.07, 6.45) is -1.02. The molecular formula is C22H22ClF3N4O3S. The van der Waals surface area contributed by atoms with Crippen molar-refractivity contribution in [3.63, 3.8) is 0 Å². The molecule has 0 fully saturated rings. The van der Waals surface area contributed by atoms with Gasteiger partial charge in [0.1, 0.15) is 11.5 Å². The Kier molecular flexibility index (Phi) is 8.21. The number of carbonyl (C=O) groups excluding carboxylic acids is 2. The van der Waals surface area contributed by atoms with Crippen molar-refractivity contribution in [2.75, 3.05) is 13.7 Å². The Balaban J connectivity index is 1.68. The van der Waals surface area contributed by atoms with Gasteiger partial charge in [-0.05, 0) is 13.0 Å². The van der Waals surface area contributed by atoms with Crippen molar-refractivity contribution in [2.24, 2.45) is 0 Å². The summed E-state index contributed by atoms with van der Waals surface area (Å²) in [5.41, 5.74) is -0.604. The van der Waals surface area contributed by atoms with Crippen LogP contribution in [0.15, 0.2) is 24.7 Å². The molecule has 3 rings (SSSR count). The number of nitrogens with zero attached hydrogens (tertiary/aromatic N) is 4. The molecule has 0 aliphatic rings. The van der Waals surface area contributed by atoms with Crippen molar-refractivity contribution < 1.29 is 27.5 Å². The Labute approximate surface area is 203 Å². The number of ether oxygens (including phenoxy) is 1. The van der Waals surface area contributed by atoms with E-state index in [1.165, 1.54) is 12.4 Å². The zero-order valence-electron chi connectivity index (χ0n) is 18.6. The van der Waals surface area contributed by atoms with Crippen molar-refractivity contribution in [1.29, 1.82) is 0 Å². The molecule has 182 valence electrons. The van der Waals surface area contributed by atoms with Crippen LogP contribution in [0.5, 0.6) is 0 Å². The van der Waals surface area contributed by atoms with Crippen LogP contribution in [0.2, 0.25) is 5.02 Å². The molecule has 3 aromatic heterocycles. The maximum Gasteiger partial charge on any atom is 0.417 e. The third-order valence-corrected chi connectivity index (χ3v) is 6.70. The number of aromatic nitrogens is 4. The highest BCUT2D eigenvalue weighted by molar-refractivity contribution is 7.13. The number of pyridine rings is 1. The molecule has 0 spiro atoms. The van der Waals surface area contributed by atoms with Crippen LogP contribution >= 0.6 is 22.9 Å². The molecule has 34 heavy (non-hydrogen) atoms. The molecule has 1 atom stereocenters. The Hall–Kier alpha value is -2.63. The summed E-state index contributed by atoms with van der Waals surface area (Å²) >= 11 is 6.69. The van der Waals surface area contributed by atoms with Crippen molar-refractivity contribution >= 4 is 34.5 Å². The Morgan fingerprint density at radius 3 is 2.59 bits per heavy atom. The second-order valence-corrected chi connectivity index (χ2v) is 9.15. The first kappa shape index (κ1) is 26.0. The fraction of sp³-hybridized carbons (Fsp3) is 0.409. The summed E-state index contributed by atoms with van der Waals surface area (Å²) in [7, 11) is 1.58. The second-order valence-electron chi connectivity index (χ2n) is 7.68. The molecule has 0 radical (unpaired) electrons. The van der Waals surface area contributed by atoms with E-state index < -0.39 is 22.5 Å². The minimum atomic E-state index is -4.64. The van der Waals surface area contributed by atoms with Crippen molar-refractivity contribution in [3.8, 4) is 0 Å². The molecule has 0 amide bonds. The standard InChI is InChI=1S/C22H22ClF3N4O3S/c1-12(6-18(31)17-10-27-13(2)30(17)4-5-33-3)21-29-11-20(34-21)19(32)8-14-7-15(22(24,25)26)16(23)9-28-14/h7,9-12H,4-6,8H2,1-3H3/t12-/m0/s1. The van der Waals surface area contributed by atoms with Crippen LogP contribution in [-0.2, 0) is 23.9 Å². The normalized spacial score (nSPS) is 12.7. The van der Waals surface area contributed by atoms with E-state index in [1.54, 1.807) is 11.7 Å². The van der Waals surface area contributed by atoms with Gasteiger partial charge in [0.25, 0.3) is 0 Å². The molecule has 0 saturated heterocycles. The predicted octanol–water partition coefficient (Wildman–Crippen LogP) is 5.16. The summed E-state index contributed by atoms with van der Waals surface area (Å²) in [6, 6.07) is 0.776. The molecule has 12 heteroatoms. The molecular weight excluding hydrogens is 493 g/mol. The first-order chi connectivity index (χ1) is 16.0. The molecule has 0 aliphatic carbocycles. The van der Waals surface area contributed by atoms with Crippen LogP contribution in [0, 0.1) is 6.92 Å². The summed E-state index contributed by atoms with van der Waals surface area (Å²) in [5.74, 6) is -0.0916. The molecule has 3 heterocycles. The number of aryl methyl sites for hydroxylation is 1. The van der Waals surface area contributed by atoms with Gasteiger partial charge in [0.05, 0.1) is 39.7 Å². The average molecular weight is 515 g/mol. The third kappa shape index (κ3) is 6.08. The molecule has 0 saturated carbocycles. The van der Waals surface area contributed by atoms with Gasteiger partial charge in [-0.15, -0.1) is 11.3 Å².